The van der Waals surface area contributed by atoms with Crippen LogP contribution in [-0.4, -0.2) is 18.1 Å². The van der Waals surface area contributed by atoms with E-state index in [0.29, 0.717) is 11.4 Å². The molecular formula is C42H54ClNO4S. The third kappa shape index (κ3) is 11.7. The molecule has 1 unspecified atom stereocenters. The van der Waals surface area contributed by atoms with Crippen LogP contribution in [0.2, 0.25) is 5.02 Å². The number of amides is 1. The monoisotopic (exact) mass is 703 g/mol. The van der Waals surface area contributed by atoms with Gasteiger partial charge in [-0.25, -0.2) is 0 Å². The maximum absolute atomic E-state index is 13.8. The minimum Gasteiger partial charge on any atom is -0.444 e. The van der Waals surface area contributed by atoms with E-state index in [0.717, 1.165) is 65.9 Å². The average molecular weight is 704 g/mol. The van der Waals surface area contributed by atoms with Gasteiger partial charge in [-0.2, -0.15) is 0 Å². The molecule has 5 nitrogen and oxygen atoms in total. The van der Waals surface area contributed by atoms with Crippen molar-refractivity contribution in [3.05, 3.63) is 136 Å². The van der Waals surface area contributed by atoms with Gasteiger partial charge in [-0.15, -0.1) is 0 Å². The molecule has 4 rings (SSSR count). The Morgan fingerprint density at radius 3 is 1.96 bits per heavy atom. The van der Waals surface area contributed by atoms with Gasteiger partial charge >= 0.3 is 5.97 Å². The molecular weight excluding hydrogens is 650 g/mol. The van der Waals surface area contributed by atoms with Crippen LogP contribution in [0, 0.1) is 0 Å². The van der Waals surface area contributed by atoms with Crippen LogP contribution in [-0.2, 0) is 31.8 Å². The number of hydrogen-bond donors (Lipinski definition) is 1. The van der Waals surface area contributed by atoms with Gasteiger partial charge < -0.3 is 14.7 Å². The maximum Gasteiger partial charge on any atom is 0.307 e. The van der Waals surface area contributed by atoms with Crippen LogP contribution in [0.5, 0.6) is 5.75 Å². The maximum atomic E-state index is 13.8. The van der Waals surface area contributed by atoms with Crippen LogP contribution in [0.15, 0.2) is 103 Å². The number of halogens is 1. The van der Waals surface area contributed by atoms with Crippen molar-refractivity contribution in [3.8, 4) is 5.75 Å². The fourth-order valence-corrected chi connectivity index (χ4v) is 6.75. The minimum absolute atomic E-state index is 0.0819. The van der Waals surface area contributed by atoms with Crippen LogP contribution in [0.25, 0.3) is 0 Å². The number of benzene rings is 4. The molecule has 0 aliphatic carbocycles. The highest BCUT2D eigenvalue weighted by atomic mass is 35.5. The fourth-order valence-electron chi connectivity index (χ4n) is 5.75. The second kappa shape index (κ2) is 22.1. The van der Waals surface area contributed by atoms with E-state index in [1.54, 1.807) is 0 Å². The zero-order chi connectivity index (χ0) is 36.1. The normalized spacial score (nSPS) is 12.9. The number of carbonyl (C=O) groups excluding carboxylic acids is 2. The molecule has 0 aliphatic rings. The van der Waals surface area contributed by atoms with Crippen molar-refractivity contribution in [2.24, 2.45) is 5.73 Å². The number of unbranched alkanes of at least 4 members (excludes halogenated alkanes) is 1. The number of primary amides is 1. The lowest BCUT2D eigenvalue weighted by Crippen LogP contribution is -2.36. The van der Waals surface area contributed by atoms with Crippen molar-refractivity contribution in [3.63, 3.8) is 0 Å². The smallest absolute Gasteiger partial charge is 0.307 e. The molecule has 49 heavy (non-hydrogen) atoms. The van der Waals surface area contributed by atoms with E-state index in [-0.39, 0.29) is 24.2 Å². The molecule has 2 N–H and O–H groups in total. The Morgan fingerprint density at radius 2 is 1.39 bits per heavy atom. The van der Waals surface area contributed by atoms with Gasteiger partial charge in [0.25, 0.3) is 0 Å². The van der Waals surface area contributed by atoms with Crippen molar-refractivity contribution in [2.75, 3.05) is 5.75 Å². The van der Waals surface area contributed by atoms with E-state index in [1.807, 2.05) is 92.7 Å². The Hall–Kier alpha value is -3.74. The highest BCUT2D eigenvalue weighted by Gasteiger charge is 2.42. The number of aryl methyl sites for hydroxylation is 1. The number of nitrogens with two attached hydrogens (primary N) is 1. The van der Waals surface area contributed by atoms with Crippen molar-refractivity contribution in [1.29, 1.82) is 0 Å². The van der Waals surface area contributed by atoms with Crippen LogP contribution in [0.4, 0.5) is 0 Å². The summed E-state index contributed by atoms with van der Waals surface area (Å²) in [5.41, 5.74) is 7.83. The number of carbonyl (C=O) groups is 2. The summed E-state index contributed by atoms with van der Waals surface area (Å²) in [6.07, 6.45) is 6.59. The molecule has 264 valence electrons. The van der Waals surface area contributed by atoms with Gasteiger partial charge in [0, 0.05) is 33.9 Å². The Balaban J connectivity index is 0.00000158. The van der Waals surface area contributed by atoms with Gasteiger partial charge in [0.1, 0.15) is 5.75 Å². The van der Waals surface area contributed by atoms with Crippen molar-refractivity contribution < 1.29 is 18.5 Å². The number of esters is 1. The molecule has 4 aromatic carbocycles. The second-order valence-corrected chi connectivity index (χ2v) is 13.0. The third-order valence-corrected chi connectivity index (χ3v) is 9.64. The van der Waals surface area contributed by atoms with Crippen molar-refractivity contribution >= 4 is 36.0 Å². The first-order chi connectivity index (χ1) is 23.8. The topological polar surface area (TPSA) is 78.6 Å². The first-order valence-electron chi connectivity index (χ1n) is 17.4. The van der Waals surface area contributed by atoms with Gasteiger partial charge in [-0.1, -0.05) is 151 Å². The first-order valence-corrected chi connectivity index (χ1v) is 18.7. The van der Waals surface area contributed by atoms with Gasteiger partial charge in [-0.3, -0.25) is 9.59 Å². The molecule has 0 saturated carbocycles. The molecule has 0 radical (unpaired) electrons. The highest BCUT2D eigenvalue weighted by Crippen LogP contribution is 2.44. The molecule has 4 aromatic rings. The minimum atomic E-state index is -1.21. The number of ether oxygens (including phenoxy) is 1. The molecule has 7 heteroatoms. The Bertz CT molecular complexity index is 1510. The lowest BCUT2D eigenvalue weighted by atomic mass is 9.74. The molecule has 0 saturated heterocycles. The van der Waals surface area contributed by atoms with E-state index in [9.17, 15) is 4.79 Å². The summed E-state index contributed by atoms with van der Waals surface area (Å²) in [6, 6.07) is 34.2. The molecule has 0 bridgehead atoms. The Kier molecular flexibility index (Phi) is 18.7. The number of rotatable bonds is 16. The quantitative estimate of drug-likeness (QED) is 0.0413. The highest BCUT2D eigenvalue weighted by molar-refractivity contribution is 7.95. The first kappa shape index (κ1) is 41.4. The van der Waals surface area contributed by atoms with Gasteiger partial charge in [0.2, 0.25) is 6.41 Å². The van der Waals surface area contributed by atoms with Crippen LogP contribution < -0.4 is 9.92 Å². The van der Waals surface area contributed by atoms with Crippen LogP contribution in [0.1, 0.15) is 108 Å². The van der Waals surface area contributed by atoms with E-state index < -0.39 is 5.60 Å². The largest absolute Gasteiger partial charge is 0.444 e. The lowest BCUT2D eigenvalue weighted by molar-refractivity contribution is -0.153. The standard InChI is InChI=1S/C39H45ClO3S.C2H6.CH3NO/c1-5-8-29-44-43-34-25-18-30(19-26-34)20-27-37(41)42-39(32-14-10-9-11-15-32,35-16-12-13-17-36(35)40)33-23-21-31(22-24-33)38(4,7-3)28-6-2;1-2;2-1-3/h9-19,21-26H,5-8,20,27-29H2,1-4H3;1-2H3;1H,(H2,2,3)/t38-,39?;;/m0../s1. The summed E-state index contributed by atoms with van der Waals surface area (Å²) >= 11 is 8.37. The average Bonchev–Trinajstić information content (AvgIpc) is 3.14. The Labute approximate surface area is 304 Å². The predicted octanol–water partition coefficient (Wildman–Crippen LogP) is 11.2. The molecule has 0 spiro atoms. The summed E-state index contributed by atoms with van der Waals surface area (Å²) in [4.78, 5) is 22.4. The molecule has 0 aliphatic heterocycles. The molecule has 1 amide bonds. The SMILES string of the molecule is CC.CCCCSOc1ccc(CCC(=O)OC(c2ccccc2)(c2ccc([C@@](C)(CC)CCC)cc2)c2ccccc2Cl)cc1.NC=O. The summed E-state index contributed by atoms with van der Waals surface area (Å²) < 4.78 is 12.4. The van der Waals surface area contributed by atoms with Crippen molar-refractivity contribution in [2.45, 2.75) is 97.5 Å². The van der Waals surface area contributed by atoms with E-state index in [1.165, 1.54) is 17.6 Å². The van der Waals surface area contributed by atoms with E-state index in [2.05, 4.69) is 57.7 Å². The van der Waals surface area contributed by atoms with Gasteiger partial charge in [-0.05, 0) is 60.4 Å². The second-order valence-electron chi connectivity index (χ2n) is 11.8. The zero-order valence-electron chi connectivity index (χ0n) is 30.0. The summed E-state index contributed by atoms with van der Waals surface area (Å²) in [7, 11) is 0. The summed E-state index contributed by atoms with van der Waals surface area (Å²) in [5, 5.41) is 0.546. The predicted molar refractivity (Wildman–Crippen MR) is 207 cm³/mol. The molecule has 0 heterocycles. The van der Waals surface area contributed by atoms with E-state index >= 15 is 0 Å². The van der Waals surface area contributed by atoms with Crippen LogP contribution in [0.3, 0.4) is 0 Å². The van der Waals surface area contributed by atoms with Gasteiger partial charge in [0.05, 0.1) is 12.0 Å². The third-order valence-electron chi connectivity index (χ3n) is 8.55. The summed E-state index contributed by atoms with van der Waals surface area (Å²) in [5.74, 6) is 1.50. The number of hydrogen-bond acceptors (Lipinski definition) is 5. The zero-order valence-corrected chi connectivity index (χ0v) is 31.6. The van der Waals surface area contributed by atoms with Crippen LogP contribution >= 0.6 is 23.6 Å². The summed E-state index contributed by atoms with van der Waals surface area (Å²) in [6.45, 7) is 13.0. The molecule has 2 atom stereocenters. The molecule has 0 fully saturated rings. The lowest BCUT2D eigenvalue weighted by Gasteiger charge is -2.36. The van der Waals surface area contributed by atoms with E-state index in [4.69, 9.17) is 25.3 Å². The Morgan fingerprint density at radius 1 is 0.816 bits per heavy atom. The van der Waals surface area contributed by atoms with Gasteiger partial charge in [0.15, 0.2) is 5.60 Å². The molecule has 0 aromatic heterocycles. The van der Waals surface area contributed by atoms with Crippen molar-refractivity contribution in [1.82, 2.24) is 0 Å². The fraction of sp³-hybridized carbons (Fsp3) is 0.381.